The molecule has 0 aliphatic heterocycles. The van der Waals surface area contributed by atoms with Crippen LogP contribution in [0.1, 0.15) is 43.5 Å². The van der Waals surface area contributed by atoms with Crippen molar-refractivity contribution < 1.29 is 24.2 Å². The topological polar surface area (TPSA) is 95.5 Å². The first kappa shape index (κ1) is 18.7. The lowest BCUT2D eigenvalue weighted by molar-refractivity contribution is -0.255. The van der Waals surface area contributed by atoms with Crippen molar-refractivity contribution in [1.29, 1.82) is 0 Å². The smallest absolute Gasteiger partial charge is 0.310 e. The van der Waals surface area contributed by atoms with Crippen LogP contribution in [0.25, 0.3) is 0 Å². The Bertz CT molecular complexity index is 665. The van der Waals surface area contributed by atoms with Crippen LogP contribution in [0.3, 0.4) is 0 Å². The number of carbonyl (C=O) groups is 3. The van der Waals surface area contributed by atoms with Gasteiger partial charge in [-0.25, -0.2) is 0 Å². The van der Waals surface area contributed by atoms with Crippen LogP contribution in [0, 0.1) is 11.8 Å². The number of rotatable bonds is 6. The average molecular weight is 344 g/mol. The third-order valence-electron chi connectivity index (χ3n) is 4.35. The lowest BCUT2D eigenvalue weighted by atomic mass is 9.82. The van der Waals surface area contributed by atoms with Crippen LogP contribution in [-0.2, 0) is 14.3 Å². The van der Waals surface area contributed by atoms with E-state index in [2.05, 4.69) is 5.32 Å². The van der Waals surface area contributed by atoms with Gasteiger partial charge in [0, 0.05) is 5.69 Å². The number of hydrogen-bond donors (Lipinski definition) is 1. The first-order valence-electron chi connectivity index (χ1n) is 8.40. The van der Waals surface area contributed by atoms with Gasteiger partial charge in [-0.2, -0.15) is 0 Å². The summed E-state index contributed by atoms with van der Waals surface area (Å²) in [5.74, 6) is -2.94. The van der Waals surface area contributed by atoms with Crippen LogP contribution in [-0.4, -0.2) is 23.9 Å². The number of aromatic carboxylic acids is 1. The molecule has 2 rings (SSSR count). The number of nitrogens with one attached hydrogen (secondary N) is 1. The molecule has 0 aromatic heterocycles. The molecule has 6 heteroatoms. The van der Waals surface area contributed by atoms with E-state index in [4.69, 9.17) is 4.74 Å². The van der Waals surface area contributed by atoms with Crippen molar-refractivity contribution in [2.75, 3.05) is 5.32 Å². The van der Waals surface area contributed by atoms with Gasteiger partial charge in [-0.3, -0.25) is 9.59 Å². The van der Waals surface area contributed by atoms with E-state index < -0.39 is 17.8 Å². The normalized spacial score (nSPS) is 20.6. The fourth-order valence-corrected chi connectivity index (χ4v) is 2.66. The van der Waals surface area contributed by atoms with Gasteiger partial charge in [0.1, 0.15) is 0 Å². The number of amides is 1. The molecular weight excluding hydrogens is 322 g/mol. The third-order valence-corrected chi connectivity index (χ3v) is 4.35. The molecular formula is C19H22NO5-. The van der Waals surface area contributed by atoms with Gasteiger partial charge >= 0.3 is 5.97 Å². The highest BCUT2D eigenvalue weighted by atomic mass is 16.5. The predicted molar refractivity (Wildman–Crippen MR) is 90.6 cm³/mol. The van der Waals surface area contributed by atoms with E-state index in [1.54, 1.807) is 0 Å². The zero-order chi connectivity index (χ0) is 18.4. The van der Waals surface area contributed by atoms with E-state index in [0.29, 0.717) is 18.5 Å². The molecule has 0 saturated carbocycles. The van der Waals surface area contributed by atoms with Crippen molar-refractivity contribution in [3.05, 3.63) is 42.0 Å². The highest BCUT2D eigenvalue weighted by molar-refractivity contribution is 5.96. The molecule has 1 aromatic carbocycles. The maximum absolute atomic E-state index is 12.6. The Morgan fingerprint density at radius 2 is 1.76 bits per heavy atom. The molecule has 1 amide bonds. The van der Waals surface area contributed by atoms with Crippen LogP contribution >= 0.6 is 0 Å². The number of carboxylic acid groups (broad SMARTS) is 1. The summed E-state index contributed by atoms with van der Waals surface area (Å²) in [6.45, 7) is 3.75. The van der Waals surface area contributed by atoms with Gasteiger partial charge in [0.15, 0.2) is 0 Å². The Morgan fingerprint density at radius 1 is 1.16 bits per heavy atom. The summed E-state index contributed by atoms with van der Waals surface area (Å²) in [4.78, 5) is 35.7. The van der Waals surface area contributed by atoms with E-state index in [1.165, 1.54) is 24.3 Å². The molecule has 1 aromatic rings. The second-order valence-corrected chi connectivity index (χ2v) is 6.17. The highest BCUT2D eigenvalue weighted by Crippen LogP contribution is 2.28. The molecule has 0 saturated heterocycles. The molecule has 0 fully saturated rings. The SMILES string of the molecule is CC[C@H](C)OC(=O)[C@@H]1CC=CC[C@@H]1C(=O)Nc1ccc(C(=O)[O-])cc1. The summed E-state index contributed by atoms with van der Waals surface area (Å²) in [6, 6.07) is 5.71. The van der Waals surface area contributed by atoms with Crippen molar-refractivity contribution in [3.63, 3.8) is 0 Å². The summed E-state index contributed by atoms with van der Waals surface area (Å²) in [7, 11) is 0. The number of anilines is 1. The number of hydrogen-bond acceptors (Lipinski definition) is 5. The average Bonchev–Trinajstić information content (AvgIpc) is 2.61. The van der Waals surface area contributed by atoms with Gasteiger partial charge in [0.2, 0.25) is 5.91 Å². The van der Waals surface area contributed by atoms with E-state index in [0.717, 1.165) is 6.42 Å². The first-order chi connectivity index (χ1) is 11.9. The summed E-state index contributed by atoms with van der Waals surface area (Å²) in [6.07, 6.45) is 5.24. The van der Waals surface area contributed by atoms with Crippen LogP contribution in [0.5, 0.6) is 0 Å². The summed E-state index contributed by atoms with van der Waals surface area (Å²) < 4.78 is 5.39. The van der Waals surface area contributed by atoms with E-state index >= 15 is 0 Å². The maximum atomic E-state index is 12.6. The minimum absolute atomic E-state index is 0.0357. The molecule has 1 aliphatic rings. The molecule has 3 atom stereocenters. The molecule has 0 spiro atoms. The quantitative estimate of drug-likeness (QED) is 0.628. The highest BCUT2D eigenvalue weighted by Gasteiger charge is 2.35. The molecule has 0 unspecified atom stereocenters. The maximum Gasteiger partial charge on any atom is 0.310 e. The van der Waals surface area contributed by atoms with Crippen LogP contribution in [0.4, 0.5) is 5.69 Å². The van der Waals surface area contributed by atoms with Gasteiger partial charge in [0.25, 0.3) is 0 Å². The van der Waals surface area contributed by atoms with E-state index in [1.807, 2.05) is 26.0 Å². The predicted octanol–water partition coefficient (Wildman–Crippen LogP) is 1.91. The van der Waals surface area contributed by atoms with Gasteiger partial charge in [-0.05, 0) is 43.9 Å². The number of ether oxygens (including phenoxy) is 1. The molecule has 0 heterocycles. The molecule has 1 aliphatic carbocycles. The second kappa shape index (κ2) is 8.46. The van der Waals surface area contributed by atoms with Crippen molar-refractivity contribution in [1.82, 2.24) is 0 Å². The van der Waals surface area contributed by atoms with E-state index in [9.17, 15) is 19.5 Å². The minimum Gasteiger partial charge on any atom is -0.545 e. The zero-order valence-corrected chi connectivity index (χ0v) is 14.4. The van der Waals surface area contributed by atoms with Crippen LogP contribution < -0.4 is 10.4 Å². The second-order valence-electron chi connectivity index (χ2n) is 6.17. The van der Waals surface area contributed by atoms with Gasteiger partial charge in [-0.15, -0.1) is 0 Å². The van der Waals surface area contributed by atoms with Gasteiger partial charge < -0.3 is 20.0 Å². The molecule has 0 bridgehead atoms. The molecule has 134 valence electrons. The number of allylic oxidation sites excluding steroid dienone is 2. The molecule has 0 radical (unpaired) electrons. The number of benzene rings is 1. The lowest BCUT2D eigenvalue weighted by Gasteiger charge is -2.27. The Kier molecular flexibility index (Phi) is 6.33. The first-order valence-corrected chi connectivity index (χ1v) is 8.40. The van der Waals surface area contributed by atoms with Crippen molar-refractivity contribution in [2.24, 2.45) is 11.8 Å². The summed E-state index contributed by atoms with van der Waals surface area (Å²) >= 11 is 0. The van der Waals surface area contributed by atoms with Crippen LogP contribution in [0.15, 0.2) is 36.4 Å². The molecule has 6 nitrogen and oxygen atoms in total. The zero-order valence-electron chi connectivity index (χ0n) is 14.4. The Hall–Kier alpha value is -2.63. The van der Waals surface area contributed by atoms with Crippen molar-refractivity contribution >= 4 is 23.5 Å². The van der Waals surface area contributed by atoms with E-state index in [-0.39, 0.29) is 23.5 Å². The lowest BCUT2D eigenvalue weighted by Crippen LogP contribution is -2.36. The van der Waals surface area contributed by atoms with Crippen molar-refractivity contribution in [2.45, 2.75) is 39.2 Å². The Balaban J connectivity index is 2.06. The van der Waals surface area contributed by atoms with Gasteiger partial charge in [-0.1, -0.05) is 31.2 Å². The standard InChI is InChI=1S/C19H23NO5/c1-3-12(2)25-19(24)16-7-5-4-6-15(16)17(21)20-14-10-8-13(9-11-14)18(22)23/h4-5,8-12,15-16H,3,6-7H2,1-2H3,(H,20,21)(H,22,23)/p-1/t12-,15-,16+/m0/s1. The Labute approximate surface area is 146 Å². The molecule has 25 heavy (non-hydrogen) atoms. The Morgan fingerprint density at radius 3 is 2.32 bits per heavy atom. The fraction of sp³-hybridized carbons (Fsp3) is 0.421. The fourth-order valence-electron chi connectivity index (χ4n) is 2.66. The number of carbonyl (C=O) groups excluding carboxylic acids is 3. The van der Waals surface area contributed by atoms with Crippen molar-refractivity contribution in [3.8, 4) is 0 Å². The largest absolute Gasteiger partial charge is 0.545 e. The summed E-state index contributed by atoms with van der Waals surface area (Å²) in [5, 5.41) is 13.5. The number of carboxylic acids is 1. The third kappa shape index (κ3) is 4.92. The molecule has 1 N–H and O–H groups in total. The van der Waals surface area contributed by atoms with Crippen LogP contribution in [0.2, 0.25) is 0 Å². The monoisotopic (exact) mass is 344 g/mol. The summed E-state index contributed by atoms with van der Waals surface area (Å²) in [5.41, 5.74) is 0.507. The minimum atomic E-state index is -1.27. The van der Waals surface area contributed by atoms with Gasteiger partial charge in [0.05, 0.1) is 23.9 Å². The number of esters is 1.